The van der Waals surface area contributed by atoms with E-state index < -0.39 is 11.2 Å². The van der Waals surface area contributed by atoms with Crippen LogP contribution in [0.5, 0.6) is 0 Å². The Morgan fingerprint density at radius 3 is 2.38 bits per heavy atom. The van der Waals surface area contributed by atoms with Crippen LogP contribution in [0.25, 0.3) is 17.2 Å². The summed E-state index contributed by atoms with van der Waals surface area (Å²) in [6, 6.07) is 19.5. The monoisotopic (exact) mass is 492 g/mol. The summed E-state index contributed by atoms with van der Waals surface area (Å²) in [7, 11) is 3.05. The Kier molecular flexibility index (Phi) is 6.18. The zero-order valence-electron chi connectivity index (χ0n) is 17.6. The van der Waals surface area contributed by atoms with Gasteiger partial charge in [-0.25, -0.2) is 10.2 Å². The molecule has 1 N–H and O–H groups in total. The maximum absolute atomic E-state index is 12.9. The third kappa shape index (κ3) is 4.33. The molecule has 0 radical (unpaired) electrons. The maximum Gasteiger partial charge on any atom is 0.332 e. The van der Waals surface area contributed by atoms with Crippen LogP contribution in [0.4, 0.5) is 5.95 Å². The SMILES string of the molecule is Cn1c(=O)c2c(nc(N/N=C\C(Br)=C\c3ccccc3)n2Cc2ccccc2)n(C)c1=O. The second-order valence-electron chi connectivity index (χ2n) is 7.20. The average Bonchev–Trinajstić information content (AvgIpc) is 3.16. The second-order valence-corrected chi connectivity index (χ2v) is 8.11. The quantitative estimate of drug-likeness (QED) is 0.330. The van der Waals surface area contributed by atoms with Gasteiger partial charge in [-0.05, 0) is 33.1 Å². The van der Waals surface area contributed by atoms with Crippen LogP contribution in [-0.2, 0) is 20.6 Å². The number of aryl methyl sites for hydroxylation is 1. The van der Waals surface area contributed by atoms with E-state index >= 15 is 0 Å². The van der Waals surface area contributed by atoms with Crippen LogP contribution in [0, 0.1) is 0 Å². The minimum atomic E-state index is -0.435. The molecule has 0 atom stereocenters. The predicted molar refractivity (Wildman–Crippen MR) is 131 cm³/mol. The molecule has 0 saturated carbocycles. The van der Waals surface area contributed by atoms with Crippen molar-refractivity contribution in [2.24, 2.45) is 19.2 Å². The van der Waals surface area contributed by atoms with Gasteiger partial charge in [0.25, 0.3) is 5.56 Å². The van der Waals surface area contributed by atoms with Crippen molar-refractivity contribution in [2.45, 2.75) is 6.54 Å². The van der Waals surface area contributed by atoms with Crippen molar-refractivity contribution in [1.82, 2.24) is 18.7 Å². The van der Waals surface area contributed by atoms with Crippen molar-refractivity contribution in [1.29, 1.82) is 0 Å². The number of anilines is 1. The van der Waals surface area contributed by atoms with Crippen LogP contribution in [0.1, 0.15) is 11.1 Å². The number of allylic oxidation sites excluding steroid dienone is 1. The molecule has 4 rings (SSSR count). The topological polar surface area (TPSA) is 86.2 Å². The highest BCUT2D eigenvalue weighted by Crippen LogP contribution is 2.18. The molecule has 0 aliphatic rings. The van der Waals surface area contributed by atoms with Gasteiger partial charge in [0.05, 0.1) is 12.8 Å². The lowest BCUT2D eigenvalue weighted by Gasteiger charge is -2.09. The molecule has 4 aromatic rings. The molecule has 0 fully saturated rings. The Morgan fingerprint density at radius 2 is 1.69 bits per heavy atom. The summed E-state index contributed by atoms with van der Waals surface area (Å²) in [5.41, 5.74) is 4.72. The third-order valence-electron chi connectivity index (χ3n) is 4.99. The van der Waals surface area contributed by atoms with Gasteiger partial charge in [-0.3, -0.25) is 18.5 Å². The second kappa shape index (κ2) is 9.19. The first-order valence-electron chi connectivity index (χ1n) is 9.87. The van der Waals surface area contributed by atoms with E-state index in [4.69, 9.17) is 0 Å². The molecule has 162 valence electrons. The van der Waals surface area contributed by atoms with Gasteiger partial charge in [0.1, 0.15) is 0 Å². The molecule has 32 heavy (non-hydrogen) atoms. The average molecular weight is 493 g/mol. The lowest BCUT2D eigenvalue weighted by Crippen LogP contribution is -2.37. The summed E-state index contributed by atoms with van der Waals surface area (Å²) in [4.78, 5) is 29.8. The summed E-state index contributed by atoms with van der Waals surface area (Å²) in [5, 5.41) is 4.27. The summed E-state index contributed by atoms with van der Waals surface area (Å²) < 4.78 is 4.93. The number of rotatable bonds is 6. The number of hydrogen-bond donors (Lipinski definition) is 1. The summed E-state index contributed by atoms with van der Waals surface area (Å²) in [6.45, 7) is 0.393. The molecule has 0 bridgehead atoms. The van der Waals surface area contributed by atoms with E-state index in [1.54, 1.807) is 17.8 Å². The predicted octanol–water partition coefficient (Wildman–Crippen LogP) is 3.32. The van der Waals surface area contributed by atoms with Gasteiger partial charge in [-0.1, -0.05) is 60.7 Å². The number of fused-ring (bicyclic) bond motifs is 1. The molecule has 2 aromatic carbocycles. The first-order chi connectivity index (χ1) is 15.5. The van der Waals surface area contributed by atoms with E-state index in [0.29, 0.717) is 23.7 Å². The van der Waals surface area contributed by atoms with Gasteiger partial charge in [0.15, 0.2) is 11.2 Å². The Labute approximate surface area is 192 Å². The largest absolute Gasteiger partial charge is 0.332 e. The number of nitrogens with one attached hydrogen (secondary N) is 1. The van der Waals surface area contributed by atoms with Gasteiger partial charge < -0.3 is 0 Å². The fourth-order valence-electron chi connectivity index (χ4n) is 3.35. The van der Waals surface area contributed by atoms with Crippen LogP contribution in [0.3, 0.4) is 0 Å². The molecule has 0 saturated heterocycles. The molecule has 0 unspecified atom stereocenters. The Balaban J connectivity index is 1.75. The number of hydrogen-bond acceptors (Lipinski definition) is 5. The minimum absolute atomic E-state index is 0.297. The van der Waals surface area contributed by atoms with E-state index in [2.05, 4.69) is 31.4 Å². The molecule has 0 aliphatic heterocycles. The van der Waals surface area contributed by atoms with Gasteiger partial charge in [0, 0.05) is 18.6 Å². The zero-order valence-corrected chi connectivity index (χ0v) is 19.2. The summed E-state index contributed by atoms with van der Waals surface area (Å²) in [5.74, 6) is 0.360. The number of aromatic nitrogens is 4. The van der Waals surface area contributed by atoms with Crippen LogP contribution in [0.15, 0.2) is 79.8 Å². The van der Waals surface area contributed by atoms with Crippen molar-refractivity contribution in [3.05, 3.63) is 97.1 Å². The summed E-state index contributed by atoms with van der Waals surface area (Å²) in [6.07, 6.45) is 3.54. The molecule has 0 amide bonds. The fourth-order valence-corrected chi connectivity index (χ4v) is 3.72. The fraction of sp³-hybridized carbons (Fsp3) is 0.130. The van der Waals surface area contributed by atoms with E-state index in [1.807, 2.05) is 66.7 Å². The lowest BCUT2D eigenvalue weighted by atomic mass is 10.2. The van der Waals surface area contributed by atoms with E-state index in [-0.39, 0.29) is 0 Å². The molecule has 2 aromatic heterocycles. The third-order valence-corrected chi connectivity index (χ3v) is 5.42. The lowest BCUT2D eigenvalue weighted by molar-refractivity contribution is 0.702. The highest BCUT2D eigenvalue weighted by atomic mass is 79.9. The van der Waals surface area contributed by atoms with E-state index in [0.717, 1.165) is 20.2 Å². The smallest absolute Gasteiger partial charge is 0.298 e. The van der Waals surface area contributed by atoms with Crippen LogP contribution in [0.2, 0.25) is 0 Å². The molecule has 0 aliphatic carbocycles. The van der Waals surface area contributed by atoms with Crippen molar-refractivity contribution < 1.29 is 0 Å². The number of halogens is 1. The number of benzene rings is 2. The van der Waals surface area contributed by atoms with Crippen molar-refractivity contribution in [3.63, 3.8) is 0 Å². The Bertz CT molecular complexity index is 1430. The molecular formula is C23H21BrN6O2. The Morgan fingerprint density at radius 1 is 1.03 bits per heavy atom. The van der Waals surface area contributed by atoms with Crippen LogP contribution in [-0.4, -0.2) is 24.9 Å². The van der Waals surface area contributed by atoms with Crippen molar-refractivity contribution in [2.75, 3.05) is 5.43 Å². The first-order valence-corrected chi connectivity index (χ1v) is 10.7. The molecule has 8 nitrogen and oxygen atoms in total. The number of hydrazone groups is 1. The molecule has 2 heterocycles. The normalized spacial score (nSPS) is 12.0. The standard InChI is InChI=1S/C23H21BrN6O2/c1-28-20-19(21(31)29(2)23(28)32)30(15-17-11-7-4-8-12-17)22(26-20)27-25-14-18(24)13-16-9-5-3-6-10-16/h3-14H,15H2,1-2H3,(H,26,27)/b18-13-,25-14-. The van der Waals surface area contributed by atoms with Crippen molar-refractivity contribution >= 4 is 45.3 Å². The molecule has 0 spiro atoms. The van der Waals surface area contributed by atoms with Gasteiger partial charge in [0.2, 0.25) is 5.95 Å². The molecular weight excluding hydrogens is 472 g/mol. The van der Waals surface area contributed by atoms with E-state index in [9.17, 15) is 9.59 Å². The number of nitrogens with zero attached hydrogens (tertiary/aromatic N) is 5. The van der Waals surface area contributed by atoms with Crippen LogP contribution >= 0.6 is 15.9 Å². The maximum atomic E-state index is 12.9. The Hall–Kier alpha value is -3.72. The highest BCUT2D eigenvalue weighted by molar-refractivity contribution is 9.12. The minimum Gasteiger partial charge on any atom is -0.298 e. The molecule has 9 heteroatoms. The van der Waals surface area contributed by atoms with Gasteiger partial charge in [-0.15, -0.1) is 0 Å². The number of imidazole rings is 1. The van der Waals surface area contributed by atoms with Crippen LogP contribution < -0.4 is 16.7 Å². The van der Waals surface area contributed by atoms with E-state index in [1.165, 1.54) is 11.6 Å². The summed E-state index contributed by atoms with van der Waals surface area (Å²) >= 11 is 3.48. The van der Waals surface area contributed by atoms with Gasteiger partial charge >= 0.3 is 5.69 Å². The zero-order chi connectivity index (χ0) is 22.7. The van der Waals surface area contributed by atoms with Gasteiger partial charge in [-0.2, -0.15) is 10.1 Å². The first kappa shape index (κ1) is 21.5. The van der Waals surface area contributed by atoms with Crippen molar-refractivity contribution in [3.8, 4) is 0 Å². The highest BCUT2D eigenvalue weighted by Gasteiger charge is 2.19.